The van der Waals surface area contributed by atoms with Crippen LogP contribution in [0.25, 0.3) is 0 Å². The van der Waals surface area contributed by atoms with Gasteiger partial charge in [-0.25, -0.2) is 0 Å². The van der Waals surface area contributed by atoms with Gasteiger partial charge in [0.2, 0.25) is 0 Å². The van der Waals surface area contributed by atoms with E-state index in [2.05, 4.69) is 37.2 Å². The Balaban J connectivity index is 1.63. The lowest BCUT2D eigenvalue weighted by Gasteiger charge is -2.38. The highest BCUT2D eigenvalue weighted by molar-refractivity contribution is 6.39. The first-order chi connectivity index (χ1) is 12.5. The Morgan fingerprint density at radius 1 is 1.19 bits per heavy atom. The zero-order chi connectivity index (χ0) is 18.5. The number of rotatable bonds is 5. The molecule has 26 heavy (non-hydrogen) atoms. The number of piperazine rings is 1. The number of aryl methyl sites for hydroxylation is 1. The summed E-state index contributed by atoms with van der Waals surface area (Å²) in [6.45, 7) is 4.12. The van der Waals surface area contributed by atoms with E-state index >= 15 is 0 Å². The zero-order valence-electron chi connectivity index (χ0n) is 15.0. The number of hydrogen-bond donors (Lipinski definition) is 2. The summed E-state index contributed by atoms with van der Waals surface area (Å²) in [6, 6.07) is 5.51. The first-order valence-corrected chi connectivity index (χ1v) is 8.58. The molecule has 1 aliphatic rings. The lowest BCUT2D eigenvalue weighted by molar-refractivity contribution is -0.136. The molecule has 0 spiro atoms. The van der Waals surface area contributed by atoms with Crippen LogP contribution in [-0.4, -0.2) is 71.1 Å². The lowest BCUT2D eigenvalue weighted by Crippen LogP contribution is -2.49. The first kappa shape index (κ1) is 18.2. The van der Waals surface area contributed by atoms with E-state index < -0.39 is 11.8 Å². The molecule has 9 nitrogen and oxygen atoms in total. The van der Waals surface area contributed by atoms with Gasteiger partial charge in [-0.15, -0.1) is 0 Å². The van der Waals surface area contributed by atoms with Crippen molar-refractivity contribution in [1.29, 1.82) is 0 Å². The molecule has 2 aromatic heterocycles. The molecule has 140 valence electrons. The highest BCUT2D eigenvalue weighted by atomic mass is 16.5. The maximum Gasteiger partial charge on any atom is 0.314 e. The van der Waals surface area contributed by atoms with Gasteiger partial charge in [0.05, 0.1) is 6.04 Å². The molecule has 2 amide bonds. The summed E-state index contributed by atoms with van der Waals surface area (Å²) in [5, 5.41) is 8.70. The molecule has 1 fully saturated rings. The molecular weight excluding hydrogens is 336 g/mol. The second-order valence-corrected chi connectivity index (χ2v) is 6.45. The largest absolute Gasteiger partial charge is 0.363 e. The van der Waals surface area contributed by atoms with Crippen LogP contribution in [-0.2, 0) is 16.6 Å². The van der Waals surface area contributed by atoms with E-state index in [1.165, 1.54) is 12.3 Å². The Bertz CT molecular complexity index is 734. The molecule has 0 bridgehead atoms. The fourth-order valence-corrected chi connectivity index (χ4v) is 3.09. The molecule has 1 saturated heterocycles. The van der Waals surface area contributed by atoms with E-state index in [1.807, 2.05) is 29.9 Å². The van der Waals surface area contributed by atoms with Crippen molar-refractivity contribution in [3.05, 3.63) is 36.4 Å². The van der Waals surface area contributed by atoms with Crippen molar-refractivity contribution in [3.8, 4) is 0 Å². The predicted molar refractivity (Wildman–Crippen MR) is 95.4 cm³/mol. The SMILES string of the molecule is CN1CCN(C(CNC(=O)C(=O)Nc2ccon2)c2cccn2C)CC1. The minimum atomic E-state index is -0.761. The van der Waals surface area contributed by atoms with Gasteiger partial charge in [0, 0.05) is 57.7 Å². The molecule has 1 atom stereocenters. The van der Waals surface area contributed by atoms with Crippen molar-refractivity contribution in [3.63, 3.8) is 0 Å². The molecule has 0 aromatic carbocycles. The van der Waals surface area contributed by atoms with Gasteiger partial charge in [-0.2, -0.15) is 0 Å². The van der Waals surface area contributed by atoms with Crippen molar-refractivity contribution >= 4 is 17.6 Å². The van der Waals surface area contributed by atoms with E-state index in [9.17, 15) is 9.59 Å². The van der Waals surface area contributed by atoms with Crippen LogP contribution >= 0.6 is 0 Å². The third-order valence-corrected chi connectivity index (χ3v) is 4.65. The van der Waals surface area contributed by atoms with E-state index in [4.69, 9.17) is 0 Å². The van der Waals surface area contributed by atoms with Crippen molar-refractivity contribution in [2.45, 2.75) is 6.04 Å². The number of likely N-dealkylation sites (N-methyl/N-ethyl adjacent to an activating group) is 1. The topological polar surface area (TPSA) is 95.6 Å². The summed E-state index contributed by atoms with van der Waals surface area (Å²) < 4.78 is 6.68. The Kier molecular flexibility index (Phi) is 5.69. The first-order valence-electron chi connectivity index (χ1n) is 8.58. The van der Waals surface area contributed by atoms with Gasteiger partial charge in [-0.3, -0.25) is 19.8 Å². The van der Waals surface area contributed by atoms with Crippen LogP contribution in [0.2, 0.25) is 0 Å². The van der Waals surface area contributed by atoms with Crippen LogP contribution in [0.5, 0.6) is 0 Å². The summed E-state index contributed by atoms with van der Waals surface area (Å²) in [6.07, 6.45) is 3.31. The fraction of sp³-hybridized carbons (Fsp3) is 0.471. The van der Waals surface area contributed by atoms with E-state index in [0.717, 1.165) is 31.9 Å². The maximum absolute atomic E-state index is 12.1. The third kappa shape index (κ3) is 4.30. The molecule has 2 aromatic rings. The predicted octanol–water partition coefficient (Wildman–Crippen LogP) is 0.0565. The van der Waals surface area contributed by atoms with E-state index in [0.29, 0.717) is 6.54 Å². The van der Waals surface area contributed by atoms with Crippen LogP contribution < -0.4 is 10.6 Å². The lowest BCUT2D eigenvalue weighted by atomic mass is 10.1. The average molecular weight is 360 g/mol. The van der Waals surface area contributed by atoms with E-state index in [-0.39, 0.29) is 11.9 Å². The number of anilines is 1. The molecule has 9 heteroatoms. The second-order valence-electron chi connectivity index (χ2n) is 6.45. The van der Waals surface area contributed by atoms with Crippen molar-refractivity contribution in [2.75, 3.05) is 45.1 Å². The number of carbonyl (C=O) groups excluding carboxylic acids is 2. The monoisotopic (exact) mass is 360 g/mol. The Hall–Kier alpha value is -2.65. The number of nitrogens with zero attached hydrogens (tertiary/aromatic N) is 4. The molecule has 3 rings (SSSR count). The molecule has 0 radical (unpaired) electrons. The van der Waals surface area contributed by atoms with Gasteiger partial charge in [0.25, 0.3) is 0 Å². The van der Waals surface area contributed by atoms with Crippen LogP contribution in [0.4, 0.5) is 5.82 Å². The Morgan fingerprint density at radius 3 is 2.58 bits per heavy atom. The van der Waals surface area contributed by atoms with Crippen molar-refractivity contribution in [1.82, 2.24) is 24.8 Å². The number of amides is 2. The molecule has 0 aliphatic carbocycles. The van der Waals surface area contributed by atoms with Crippen LogP contribution in [0, 0.1) is 0 Å². The number of hydrogen-bond acceptors (Lipinski definition) is 6. The summed E-state index contributed by atoms with van der Waals surface area (Å²) >= 11 is 0. The van der Waals surface area contributed by atoms with Gasteiger partial charge in [0.1, 0.15) is 6.26 Å². The average Bonchev–Trinajstić information content (AvgIpc) is 3.28. The van der Waals surface area contributed by atoms with Crippen LogP contribution in [0.15, 0.2) is 35.2 Å². The van der Waals surface area contributed by atoms with Gasteiger partial charge < -0.3 is 19.3 Å². The smallest absolute Gasteiger partial charge is 0.314 e. The van der Waals surface area contributed by atoms with Gasteiger partial charge in [0.15, 0.2) is 5.82 Å². The maximum atomic E-state index is 12.1. The van der Waals surface area contributed by atoms with Gasteiger partial charge in [-0.1, -0.05) is 5.16 Å². The highest BCUT2D eigenvalue weighted by Gasteiger charge is 2.27. The Morgan fingerprint density at radius 2 is 1.96 bits per heavy atom. The second kappa shape index (κ2) is 8.15. The van der Waals surface area contributed by atoms with Crippen molar-refractivity contribution in [2.24, 2.45) is 7.05 Å². The number of aromatic nitrogens is 2. The Labute approximate surface area is 151 Å². The number of carbonyl (C=O) groups is 2. The quantitative estimate of drug-likeness (QED) is 0.732. The molecule has 3 heterocycles. The van der Waals surface area contributed by atoms with Crippen molar-refractivity contribution < 1.29 is 14.1 Å². The molecule has 0 saturated carbocycles. The standard InChI is InChI=1S/C17H24N6O3/c1-21-7-9-23(10-8-21)14(13-4-3-6-22(13)2)12-18-16(24)17(25)19-15-5-11-26-20-15/h3-6,11,14H,7-10,12H2,1-2H3,(H,18,24)(H,19,20,25). The molecule has 1 aliphatic heterocycles. The molecule has 2 N–H and O–H groups in total. The summed E-state index contributed by atoms with van der Waals surface area (Å²) in [5.41, 5.74) is 1.10. The molecule has 1 unspecified atom stereocenters. The van der Waals surface area contributed by atoms with E-state index in [1.54, 1.807) is 0 Å². The minimum Gasteiger partial charge on any atom is -0.363 e. The zero-order valence-corrected chi connectivity index (χ0v) is 15.0. The summed E-state index contributed by atoms with van der Waals surface area (Å²) in [7, 11) is 4.09. The third-order valence-electron chi connectivity index (χ3n) is 4.65. The minimum absolute atomic E-state index is 0.00694. The fourth-order valence-electron chi connectivity index (χ4n) is 3.09. The number of nitrogens with one attached hydrogen (secondary N) is 2. The normalized spacial score (nSPS) is 17.0. The molecular formula is C17H24N6O3. The summed E-state index contributed by atoms with van der Waals surface area (Å²) in [5.74, 6) is -1.24. The van der Waals surface area contributed by atoms with Gasteiger partial charge >= 0.3 is 11.8 Å². The van der Waals surface area contributed by atoms with Gasteiger partial charge in [-0.05, 0) is 19.2 Å². The highest BCUT2D eigenvalue weighted by Crippen LogP contribution is 2.21. The van der Waals surface area contributed by atoms with Crippen LogP contribution in [0.1, 0.15) is 11.7 Å². The summed E-state index contributed by atoms with van der Waals surface area (Å²) in [4.78, 5) is 28.7. The van der Waals surface area contributed by atoms with Crippen LogP contribution in [0.3, 0.4) is 0 Å².